The third-order valence-corrected chi connectivity index (χ3v) is 4.57. The number of piperazine rings is 1. The van der Waals surface area contributed by atoms with E-state index in [9.17, 15) is 9.59 Å². The van der Waals surface area contributed by atoms with Gasteiger partial charge in [-0.05, 0) is 11.4 Å². The maximum atomic E-state index is 12.4. The molecule has 0 bridgehead atoms. The molecule has 0 atom stereocenters. The third kappa shape index (κ3) is 3.19. The number of nitrogens with zero attached hydrogens (tertiary/aromatic N) is 3. The molecule has 0 aromatic carbocycles. The number of morpholine rings is 1. The van der Waals surface area contributed by atoms with Crippen molar-refractivity contribution >= 4 is 23.3 Å². The molecule has 0 aliphatic carbocycles. The third-order valence-electron chi connectivity index (χ3n) is 3.89. The van der Waals surface area contributed by atoms with E-state index < -0.39 is 0 Å². The summed E-state index contributed by atoms with van der Waals surface area (Å²) in [5, 5.41) is 3.78. The van der Waals surface area contributed by atoms with E-state index in [1.807, 2.05) is 31.5 Å². The van der Waals surface area contributed by atoms with E-state index in [0.717, 1.165) is 5.56 Å². The summed E-state index contributed by atoms with van der Waals surface area (Å²) in [6.07, 6.45) is 0. The summed E-state index contributed by atoms with van der Waals surface area (Å²) in [6, 6.07) is 1.92. The number of carbonyl (C=O) groups excluding carboxylic acids is 2. The van der Waals surface area contributed by atoms with Gasteiger partial charge in [0.2, 0.25) is 0 Å². The molecule has 3 amide bonds. The first-order chi connectivity index (χ1) is 10.3. The molecule has 1 aromatic rings. The fraction of sp³-hybridized carbons (Fsp3) is 0.571. The molecule has 21 heavy (non-hydrogen) atoms. The molecule has 1 aromatic heterocycles. The lowest BCUT2D eigenvalue weighted by Gasteiger charge is -2.38. The lowest BCUT2D eigenvalue weighted by Crippen LogP contribution is -2.55. The Hall–Kier alpha value is -1.60. The number of amides is 3. The summed E-state index contributed by atoms with van der Waals surface area (Å²) in [4.78, 5) is 30.1. The Morgan fingerprint density at radius 3 is 2.19 bits per heavy atom. The number of urea groups is 1. The molecule has 2 saturated heterocycles. The highest BCUT2D eigenvalue weighted by Gasteiger charge is 2.28. The number of thiophene rings is 1. The zero-order valence-electron chi connectivity index (χ0n) is 11.9. The van der Waals surface area contributed by atoms with Gasteiger partial charge in [-0.15, -0.1) is 0 Å². The molecule has 0 N–H and O–H groups in total. The van der Waals surface area contributed by atoms with Gasteiger partial charge in [0, 0.05) is 44.6 Å². The maximum absolute atomic E-state index is 12.4. The minimum Gasteiger partial charge on any atom is -0.378 e. The molecule has 6 nitrogen and oxygen atoms in total. The first-order valence-electron chi connectivity index (χ1n) is 7.19. The summed E-state index contributed by atoms with van der Waals surface area (Å²) in [6.45, 7) is 4.96. The summed E-state index contributed by atoms with van der Waals surface area (Å²) >= 11 is 1.53. The number of hydrogen-bond donors (Lipinski definition) is 0. The Kier molecular flexibility index (Phi) is 4.40. The predicted molar refractivity (Wildman–Crippen MR) is 79.6 cm³/mol. The Bertz CT molecular complexity index is 492. The number of carbonyl (C=O) groups is 2. The second kappa shape index (κ2) is 6.44. The predicted octanol–water partition coefficient (Wildman–Crippen LogP) is 0.958. The molecule has 2 aliphatic rings. The fourth-order valence-electron chi connectivity index (χ4n) is 2.62. The first kappa shape index (κ1) is 14.3. The Labute approximate surface area is 127 Å². The van der Waals surface area contributed by atoms with Crippen molar-refractivity contribution in [1.29, 1.82) is 0 Å². The molecule has 7 heteroatoms. The van der Waals surface area contributed by atoms with Crippen LogP contribution in [0.15, 0.2) is 16.8 Å². The second-order valence-electron chi connectivity index (χ2n) is 5.17. The monoisotopic (exact) mass is 309 g/mol. The maximum Gasteiger partial charge on any atom is 0.320 e. The van der Waals surface area contributed by atoms with Gasteiger partial charge in [-0.25, -0.2) is 4.79 Å². The van der Waals surface area contributed by atoms with Crippen LogP contribution in [0, 0.1) is 0 Å². The van der Waals surface area contributed by atoms with Gasteiger partial charge in [0.05, 0.1) is 18.8 Å². The smallest absolute Gasteiger partial charge is 0.320 e. The average Bonchev–Trinajstić information content (AvgIpc) is 3.09. The fourth-order valence-corrected chi connectivity index (χ4v) is 3.25. The van der Waals surface area contributed by atoms with E-state index in [1.165, 1.54) is 11.3 Å². The topological polar surface area (TPSA) is 53.1 Å². The summed E-state index contributed by atoms with van der Waals surface area (Å²) < 4.78 is 5.26. The molecular weight excluding hydrogens is 290 g/mol. The standard InChI is InChI=1S/C14H19N3O3S/c18-13(12-1-10-21-11-12)15-2-4-16(5-3-15)14(19)17-6-8-20-9-7-17/h1,10-11H,2-9H2. The molecule has 0 radical (unpaired) electrons. The Balaban J connectivity index is 1.52. The van der Waals surface area contributed by atoms with Crippen molar-refractivity contribution in [2.75, 3.05) is 52.5 Å². The quantitative estimate of drug-likeness (QED) is 0.776. The van der Waals surface area contributed by atoms with Gasteiger partial charge in [0.15, 0.2) is 0 Å². The SMILES string of the molecule is O=C(c1ccsc1)N1CCN(C(=O)N2CCOCC2)CC1. The van der Waals surface area contributed by atoms with Gasteiger partial charge < -0.3 is 19.4 Å². The highest BCUT2D eigenvalue weighted by Crippen LogP contribution is 2.13. The molecule has 2 fully saturated rings. The lowest BCUT2D eigenvalue weighted by molar-refractivity contribution is 0.0362. The normalized spacial score (nSPS) is 19.7. The molecule has 0 saturated carbocycles. The van der Waals surface area contributed by atoms with E-state index in [4.69, 9.17) is 4.74 Å². The summed E-state index contributed by atoms with van der Waals surface area (Å²) in [5.41, 5.74) is 0.743. The van der Waals surface area contributed by atoms with E-state index in [1.54, 1.807) is 0 Å². The van der Waals surface area contributed by atoms with Crippen molar-refractivity contribution in [3.63, 3.8) is 0 Å². The van der Waals surface area contributed by atoms with Crippen LogP contribution >= 0.6 is 11.3 Å². The second-order valence-corrected chi connectivity index (χ2v) is 5.95. The van der Waals surface area contributed by atoms with Crippen LogP contribution in [0.25, 0.3) is 0 Å². The van der Waals surface area contributed by atoms with Crippen LogP contribution in [0.5, 0.6) is 0 Å². The van der Waals surface area contributed by atoms with Gasteiger partial charge in [-0.1, -0.05) is 0 Å². The zero-order chi connectivity index (χ0) is 14.7. The van der Waals surface area contributed by atoms with Gasteiger partial charge in [-0.2, -0.15) is 11.3 Å². The van der Waals surface area contributed by atoms with Gasteiger partial charge in [0.1, 0.15) is 0 Å². The van der Waals surface area contributed by atoms with Crippen LogP contribution in [-0.4, -0.2) is 79.1 Å². The van der Waals surface area contributed by atoms with E-state index in [0.29, 0.717) is 52.5 Å². The van der Waals surface area contributed by atoms with Crippen LogP contribution in [0.2, 0.25) is 0 Å². The van der Waals surface area contributed by atoms with Crippen LogP contribution in [0.4, 0.5) is 4.79 Å². The molecule has 0 spiro atoms. The molecule has 114 valence electrons. The minimum atomic E-state index is 0.0646. The number of rotatable bonds is 1. The Morgan fingerprint density at radius 1 is 0.952 bits per heavy atom. The van der Waals surface area contributed by atoms with Gasteiger partial charge in [-0.3, -0.25) is 4.79 Å². The number of ether oxygens (including phenoxy) is 1. The summed E-state index contributed by atoms with van der Waals surface area (Å²) in [5.74, 6) is 0.0646. The van der Waals surface area contributed by atoms with Crippen molar-refractivity contribution in [3.05, 3.63) is 22.4 Å². The molecule has 3 heterocycles. The number of hydrogen-bond acceptors (Lipinski definition) is 4. The van der Waals surface area contributed by atoms with E-state index in [-0.39, 0.29) is 11.9 Å². The minimum absolute atomic E-state index is 0.0646. The van der Waals surface area contributed by atoms with Crippen LogP contribution in [-0.2, 0) is 4.74 Å². The summed E-state index contributed by atoms with van der Waals surface area (Å²) in [7, 11) is 0. The lowest BCUT2D eigenvalue weighted by atomic mass is 10.2. The molecule has 0 unspecified atom stereocenters. The van der Waals surface area contributed by atoms with Crippen molar-refractivity contribution in [2.45, 2.75) is 0 Å². The van der Waals surface area contributed by atoms with Crippen molar-refractivity contribution in [2.24, 2.45) is 0 Å². The molecule has 2 aliphatic heterocycles. The highest BCUT2D eigenvalue weighted by molar-refractivity contribution is 7.08. The largest absolute Gasteiger partial charge is 0.378 e. The Morgan fingerprint density at radius 2 is 1.57 bits per heavy atom. The van der Waals surface area contributed by atoms with Crippen LogP contribution in [0.3, 0.4) is 0 Å². The zero-order valence-corrected chi connectivity index (χ0v) is 12.7. The first-order valence-corrected chi connectivity index (χ1v) is 8.13. The van der Waals surface area contributed by atoms with E-state index >= 15 is 0 Å². The van der Waals surface area contributed by atoms with Crippen molar-refractivity contribution in [3.8, 4) is 0 Å². The van der Waals surface area contributed by atoms with E-state index in [2.05, 4.69) is 0 Å². The van der Waals surface area contributed by atoms with Crippen molar-refractivity contribution < 1.29 is 14.3 Å². The molecular formula is C14H19N3O3S. The van der Waals surface area contributed by atoms with Crippen LogP contribution in [0.1, 0.15) is 10.4 Å². The highest BCUT2D eigenvalue weighted by atomic mass is 32.1. The van der Waals surface area contributed by atoms with Crippen molar-refractivity contribution in [1.82, 2.24) is 14.7 Å². The van der Waals surface area contributed by atoms with Gasteiger partial charge in [0.25, 0.3) is 5.91 Å². The average molecular weight is 309 g/mol. The van der Waals surface area contributed by atoms with Crippen LogP contribution < -0.4 is 0 Å². The van der Waals surface area contributed by atoms with Gasteiger partial charge >= 0.3 is 6.03 Å². The molecule has 3 rings (SSSR count).